The van der Waals surface area contributed by atoms with E-state index >= 15 is 0 Å². The first-order valence-electron chi connectivity index (χ1n) is 7.21. The maximum Gasteiger partial charge on any atom is 0.119 e. The molecule has 0 amide bonds. The molecule has 1 aromatic heterocycles. The Kier molecular flexibility index (Phi) is 5.36. The fraction of sp³-hybridized carbons (Fsp3) is 0.438. The zero-order chi connectivity index (χ0) is 15.2. The maximum atomic E-state index is 10.1. The smallest absolute Gasteiger partial charge is 0.119 e. The molecule has 0 radical (unpaired) electrons. The molecule has 1 heterocycles. The Morgan fingerprint density at radius 2 is 2.00 bits per heavy atom. The zero-order valence-electron chi connectivity index (χ0n) is 12.6. The summed E-state index contributed by atoms with van der Waals surface area (Å²) in [4.78, 5) is 4.31. The van der Waals surface area contributed by atoms with Crippen LogP contribution in [0.15, 0.2) is 36.7 Å². The molecule has 5 nitrogen and oxygen atoms in total. The molecule has 2 rings (SSSR count). The Labute approximate surface area is 125 Å². The number of hydrogen-bond donors (Lipinski definition) is 2. The number of aromatic nitrogens is 2. The van der Waals surface area contributed by atoms with E-state index < -0.39 is 6.10 Å². The molecule has 1 atom stereocenters. The van der Waals surface area contributed by atoms with Crippen LogP contribution in [0.2, 0.25) is 0 Å². The number of rotatable bonds is 7. The lowest BCUT2D eigenvalue weighted by atomic mass is 10.2. The van der Waals surface area contributed by atoms with Crippen molar-refractivity contribution in [3.8, 4) is 5.75 Å². The molecule has 0 aliphatic carbocycles. The van der Waals surface area contributed by atoms with Gasteiger partial charge in [0.05, 0.1) is 6.54 Å². The number of nitrogens with zero attached hydrogens (tertiary/aromatic N) is 2. The van der Waals surface area contributed by atoms with Crippen LogP contribution in [0.1, 0.15) is 31.2 Å². The van der Waals surface area contributed by atoms with Crippen LogP contribution in [-0.2, 0) is 13.1 Å². The van der Waals surface area contributed by atoms with Crippen molar-refractivity contribution in [2.24, 2.45) is 5.73 Å². The van der Waals surface area contributed by atoms with Crippen LogP contribution in [0.5, 0.6) is 5.75 Å². The van der Waals surface area contributed by atoms with Crippen LogP contribution in [-0.4, -0.2) is 27.4 Å². The van der Waals surface area contributed by atoms with Crippen LogP contribution in [0.3, 0.4) is 0 Å². The number of benzene rings is 1. The SMILES string of the molecule is CC(C)c1nccn1CC(O)COc1ccc(CN)cc1. The Bertz CT molecular complexity index is 549. The average Bonchev–Trinajstić information content (AvgIpc) is 2.94. The van der Waals surface area contributed by atoms with Crippen molar-refractivity contribution in [1.82, 2.24) is 9.55 Å². The predicted octanol–water partition coefficient (Wildman–Crippen LogP) is 1.91. The van der Waals surface area contributed by atoms with E-state index in [0.717, 1.165) is 17.1 Å². The molecule has 0 saturated heterocycles. The second-order valence-corrected chi connectivity index (χ2v) is 5.41. The molecule has 0 bridgehead atoms. The summed E-state index contributed by atoms with van der Waals surface area (Å²) in [5, 5.41) is 10.1. The summed E-state index contributed by atoms with van der Waals surface area (Å²) in [6, 6.07) is 7.58. The van der Waals surface area contributed by atoms with E-state index in [1.807, 2.05) is 35.0 Å². The maximum absolute atomic E-state index is 10.1. The first-order valence-corrected chi connectivity index (χ1v) is 7.21. The Morgan fingerprint density at radius 1 is 1.29 bits per heavy atom. The van der Waals surface area contributed by atoms with Gasteiger partial charge in [-0.3, -0.25) is 0 Å². The molecule has 3 N–H and O–H groups in total. The van der Waals surface area contributed by atoms with E-state index in [1.165, 1.54) is 0 Å². The van der Waals surface area contributed by atoms with Crippen LogP contribution in [0.4, 0.5) is 0 Å². The van der Waals surface area contributed by atoms with Gasteiger partial charge in [-0.1, -0.05) is 26.0 Å². The molecule has 1 unspecified atom stereocenters. The average molecular weight is 289 g/mol. The molecule has 0 saturated carbocycles. The fourth-order valence-electron chi connectivity index (χ4n) is 2.17. The second-order valence-electron chi connectivity index (χ2n) is 5.41. The van der Waals surface area contributed by atoms with Crippen molar-refractivity contribution in [2.45, 2.75) is 39.0 Å². The van der Waals surface area contributed by atoms with Gasteiger partial charge in [-0.15, -0.1) is 0 Å². The second kappa shape index (κ2) is 7.24. The monoisotopic (exact) mass is 289 g/mol. The summed E-state index contributed by atoms with van der Waals surface area (Å²) in [5.74, 6) is 2.04. The van der Waals surface area contributed by atoms with Gasteiger partial charge in [0.2, 0.25) is 0 Å². The third-order valence-corrected chi connectivity index (χ3v) is 3.27. The van der Waals surface area contributed by atoms with E-state index in [-0.39, 0.29) is 6.61 Å². The minimum atomic E-state index is -0.578. The molecule has 0 aliphatic rings. The van der Waals surface area contributed by atoms with Gasteiger partial charge in [0, 0.05) is 24.9 Å². The fourth-order valence-corrected chi connectivity index (χ4v) is 2.17. The van der Waals surface area contributed by atoms with E-state index in [1.54, 1.807) is 6.20 Å². The van der Waals surface area contributed by atoms with Crippen LogP contribution >= 0.6 is 0 Å². The molecule has 0 fully saturated rings. The molecular formula is C16H23N3O2. The minimum absolute atomic E-state index is 0.248. The number of ether oxygens (including phenoxy) is 1. The first-order chi connectivity index (χ1) is 10.1. The van der Waals surface area contributed by atoms with Gasteiger partial charge < -0.3 is 20.1 Å². The van der Waals surface area contributed by atoms with Gasteiger partial charge in [-0.2, -0.15) is 0 Å². The van der Waals surface area contributed by atoms with E-state index in [2.05, 4.69) is 18.8 Å². The summed E-state index contributed by atoms with van der Waals surface area (Å²) in [6.45, 7) is 5.41. The molecule has 2 aromatic rings. The summed E-state index contributed by atoms with van der Waals surface area (Å²) in [6.07, 6.45) is 3.06. The molecule has 5 heteroatoms. The molecular weight excluding hydrogens is 266 g/mol. The Hall–Kier alpha value is -1.85. The molecule has 1 aromatic carbocycles. The number of aliphatic hydroxyl groups is 1. The zero-order valence-corrected chi connectivity index (χ0v) is 12.6. The Balaban J connectivity index is 1.86. The molecule has 21 heavy (non-hydrogen) atoms. The van der Waals surface area contributed by atoms with E-state index in [4.69, 9.17) is 10.5 Å². The van der Waals surface area contributed by atoms with Crippen molar-refractivity contribution >= 4 is 0 Å². The number of nitrogens with two attached hydrogens (primary N) is 1. The Morgan fingerprint density at radius 3 is 2.62 bits per heavy atom. The molecule has 114 valence electrons. The van der Waals surface area contributed by atoms with Gasteiger partial charge in [-0.05, 0) is 17.7 Å². The summed E-state index contributed by atoms with van der Waals surface area (Å²) in [5.41, 5.74) is 6.61. The quantitative estimate of drug-likeness (QED) is 0.816. The van der Waals surface area contributed by atoms with Gasteiger partial charge in [0.15, 0.2) is 0 Å². The lowest BCUT2D eigenvalue weighted by Gasteiger charge is -2.16. The third kappa shape index (κ3) is 4.31. The van der Waals surface area contributed by atoms with Crippen LogP contribution in [0.25, 0.3) is 0 Å². The lowest BCUT2D eigenvalue weighted by Crippen LogP contribution is -2.24. The minimum Gasteiger partial charge on any atom is -0.491 e. The number of aliphatic hydroxyl groups excluding tert-OH is 1. The van der Waals surface area contributed by atoms with Gasteiger partial charge >= 0.3 is 0 Å². The number of hydrogen-bond acceptors (Lipinski definition) is 4. The van der Waals surface area contributed by atoms with Crippen molar-refractivity contribution in [1.29, 1.82) is 0 Å². The number of imidazole rings is 1. The summed E-state index contributed by atoms with van der Waals surface area (Å²) < 4.78 is 7.56. The van der Waals surface area contributed by atoms with Gasteiger partial charge in [0.25, 0.3) is 0 Å². The molecule has 0 aliphatic heterocycles. The van der Waals surface area contributed by atoms with Crippen LogP contribution < -0.4 is 10.5 Å². The molecule has 0 spiro atoms. The summed E-state index contributed by atoms with van der Waals surface area (Å²) >= 11 is 0. The topological polar surface area (TPSA) is 73.3 Å². The largest absolute Gasteiger partial charge is 0.491 e. The first kappa shape index (κ1) is 15.5. The van der Waals surface area contributed by atoms with Crippen molar-refractivity contribution < 1.29 is 9.84 Å². The third-order valence-electron chi connectivity index (χ3n) is 3.27. The lowest BCUT2D eigenvalue weighted by molar-refractivity contribution is 0.0915. The highest BCUT2D eigenvalue weighted by molar-refractivity contribution is 5.27. The standard InChI is InChI=1S/C16H23N3O2/c1-12(2)16-18-7-8-19(16)10-14(20)11-21-15-5-3-13(9-17)4-6-15/h3-8,12,14,20H,9-11,17H2,1-2H3. The van der Waals surface area contributed by atoms with Crippen molar-refractivity contribution in [3.63, 3.8) is 0 Å². The van der Waals surface area contributed by atoms with E-state index in [0.29, 0.717) is 19.0 Å². The van der Waals surface area contributed by atoms with E-state index in [9.17, 15) is 5.11 Å². The highest BCUT2D eigenvalue weighted by Crippen LogP contribution is 2.14. The van der Waals surface area contributed by atoms with Crippen molar-refractivity contribution in [2.75, 3.05) is 6.61 Å². The van der Waals surface area contributed by atoms with Crippen LogP contribution in [0, 0.1) is 0 Å². The van der Waals surface area contributed by atoms with Gasteiger partial charge in [-0.25, -0.2) is 4.98 Å². The van der Waals surface area contributed by atoms with Crippen molar-refractivity contribution in [3.05, 3.63) is 48.0 Å². The van der Waals surface area contributed by atoms with Gasteiger partial charge in [0.1, 0.15) is 24.3 Å². The normalized spacial score (nSPS) is 12.6. The highest BCUT2D eigenvalue weighted by atomic mass is 16.5. The predicted molar refractivity (Wildman–Crippen MR) is 82.2 cm³/mol. The highest BCUT2D eigenvalue weighted by Gasteiger charge is 2.12. The summed E-state index contributed by atoms with van der Waals surface area (Å²) in [7, 11) is 0.